The lowest BCUT2D eigenvalue weighted by molar-refractivity contribution is -0.160. The molecular formula is C23H23N3O5S. The van der Waals surface area contributed by atoms with Gasteiger partial charge in [0.15, 0.2) is 6.10 Å². The topological polar surface area (TPSA) is 100.0 Å². The summed E-state index contributed by atoms with van der Waals surface area (Å²) in [5.74, 6) is -1.36. The van der Waals surface area contributed by atoms with Gasteiger partial charge in [0.2, 0.25) is 18.1 Å². The second-order valence-electron chi connectivity index (χ2n) is 7.66. The molecule has 0 N–H and O–H groups in total. The van der Waals surface area contributed by atoms with Crippen LogP contribution in [0.1, 0.15) is 43.8 Å². The van der Waals surface area contributed by atoms with Gasteiger partial charge in [-0.1, -0.05) is 65.8 Å². The molecule has 0 amide bonds. The van der Waals surface area contributed by atoms with Crippen LogP contribution in [-0.2, 0) is 23.9 Å². The van der Waals surface area contributed by atoms with E-state index in [4.69, 9.17) is 14.3 Å². The van der Waals surface area contributed by atoms with Crippen LogP contribution in [0.3, 0.4) is 0 Å². The van der Waals surface area contributed by atoms with E-state index in [-0.39, 0.29) is 11.5 Å². The van der Waals surface area contributed by atoms with Crippen LogP contribution >= 0.6 is 11.5 Å². The maximum absolute atomic E-state index is 13.1. The smallest absolute Gasteiger partial charge is 0.365 e. The van der Waals surface area contributed by atoms with Crippen molar-refractivity contribution in [3.8, 4) is 0 Å². The molecule has 0 radical (unpaired) electrons. The maximum Gasteiger partial charge on any atom is 0.365 e. The van der Waals surface area contributed by atoms with Gasteiger partial charge in [0.05, 0.1) is 0 Å². The molecule has 0 atom stereocenters. The predicted octanol–water partition coefficient (Wildman–Crippen LogP) is 3.93. The lowest BCUT2D eigenvalue weighted by atomic mass is 10.0. The third kappa shape index (κ3) is 6.71. The summed E-state index contributed by atoms with van der Waals surface area (Å²) in [5, 5.41) is 3.80. The van der Waals surface area contributed by atoms with Crippen LogP contribution in [0, 0.1) is 0 Å². The van der Waals surface area contributed by atoms with Gasteiger partial charge >= 0.3 is 11.9 Å². The van der Waals surface area contributed by atoms with E-state index in [2.05, 4.69) is 14.5 Å². The van der Waals surface area contributed by atoms with E-state index >= 15 is 0 Å². The summed E-state index contributed by atoms with van der Waals surface area (Å²) in [5.41, 5.74) is 2.12. The Labute approximate surface area is 190 Å². The summed E-state index contributed by atoms with van der Waals surface area (Å²) in [4.78, 5) is 34.1. The SMILES string of the molecule is CC(C)(C)OC(=O)CO/N=C(\C(=O)OC(c1ccccc1)c1ccccc1)c1ncsn1. The van der Waals surface area contributed by atoms with E-state index in [1.165, 1.54) is 5.51 Å². The van der Waals surface area contributed by atoms with Crippen molar-refractivity contribution in [2.75, 3.05) is 6.61 Å². The third-order valence-electron chi connectivity index (χ3n) is 3.95. The highest BCUT2D eigenvalue weighted by atomic mass is 32.1. The number of benzene rings is 2. The fourth-order valence-electron chi connectivity index (χ4n) is 2.71. The molecule has 0 saturated carbocycles. The van der Waals surface area contributed by atoms with Crippen LogP contribution in [0.15, 0.2) is 71.3 Å². The molecule has 0 aliphatic carbocycles. The van der Waals surface area contributed by atoms with Crippen molar-refractivity contribution in [3.63, 3.8) is 0 Å². The van der Waals surface area contributed by atoms with Crippen molar-refractivity contribution in [3.05, 3.63) is 83.1 Å². The number of esters is 2. The molecule has 8 nitrogen and oxygen atoms in total. The summed E-state index contributed by atoms with van der Waals surface area (Å²) >= 11 is 1.05. The van der Waals surface area contributed by atoms with E-state index in [1.54, 1.807) is 20.8 Å². The minimum Gasteiger partial charge on any atom is -0.457 e. The molecule has 3 rings (SSSR count). The lowest BCUT2D eigenvalue weighted by Crippen LogP contribution is -2.27. The molecule has 0 saturated heterocycles. The average molecular weight is 454 g/mol. The molecule has 9 heteroatoms. The lowest BCUT2D eigenvalue weighted by Gasteiger charge is -2.19. The van der Waals surface area contributed by atoms with Gasteiger partial charge in [0, 0.05) is 0 Å². The Morgan fingerprint density at radius 1 is 1.00 bits per heavy atom. The van der Waals surface area contributed by atoms with Gasteiger partial charge in [-0.3, -0.25) is 0 Å². The maximum atomic E-state index is 13.1. The van der Waals surface area contributed by atoms with E-state index in [0.717, 1.165) is 22.7 Å². The zero-order chi connectivity index (χ0) is 23.0. The first-order valence-electron chi connectivity index (χ1n) is 9.83. The van der Waals surface area contributed by atoms with E-state index < -0.39 is 30.3 Å². The molecular weight excluding hydrogens is 430 g/mol. The first kappa shape index (κ1) is 23.1. The molecule has 1 aromatic heterocycles. The van der Waals surface area contributed by atoms with Crippen LogP contribution in [0.4, 0.5) is 0 Å². The van der Waals surface area contributed by atoms with Gasteiger partial charge < -0.3 is 14.3 Å². The second kappa shape index (κ2) is 10.6. The standard InChI is InChI=1S/C23H23N3O5S/c1-23(2,3)31-18(27)14-29-25-19(21-24-15-32-26-21)22(28)30-20(16-10-6-4-7-11-16)17-12-8-5-9-13-17/h4-13,15,20H,14H2,1-3H3/b25-19-. The van der Waals surface area contributed by atoms with Crippen LogP contribution in [-0.4, -0.2) is 39.2 Å². The van der Waals surface area contributed by atoms with Crippen LogP contribution in [0.25, 0.3) is 0 Å². The number of ether oxygens (including phenoxy) is 2. The number of aromatic nitrogens is 2. The highest BCUT2D eigenvalue weighted by molar-refractivity contribution is 7.03. The first-order chi connectivity index (χ1) is 15.3. The Bertz CT molecular complexity index is 1010. The molecule has 0 aliphatic rings. The van der Waals surface area contributed by atoms with Crippen LogP contribution in [0.2, 0.25) is 0 Å². The number of rotatable bonds is 8. The van der Waals surface area contributed by atoms with Gasteiger partial charge in [-0.2, -0.15) is 4.37 Å². The fourth-order valence-corrected chi connectivity index (χ4v) is 3.14. The van der Waals surface area contributed by atoms with Crippen molar-refractivity contribution in [2.45, 2.75) is 32.5 Å². The van der Waals surface area contributed by atoms with Gasteiger partial charge in [0.1, 0.15) is 11.1 Å². The number of hydrogen-bond acceptors (Lipinski definition) is 9. The minimum absolute atomic E-state index is 0.0454. The molecule has 166 valence electrons. The van der Waals surface area contributed by atoms with E-state index in [0.29, 0.717) is 0 Å². The zero-order valence-corrected chi connectivity index (χ0v) is 18.7. The molecule has 1 heterocycles. The molecule has 3 aromatic rings. The average Bonchev–Trinajstić information content (AvgIpc) is 3.29. The highest BCUT2D eigenvalue weighted by Gasteiger charge is 2.26. The Kier molecular flexibility index (Phi) is 7.67. The van der Waals surface area contributed by atoms with Crippen molar-refractivity contribution in [1.29, 1.82) is 0 Å². The van der Waals surface area contributed by atoms with Crippen LogP contribution < -0.4 is 0 Å². The monoisotopic (exact) mass is 453 g/mol. The van der Waals surface area contributed by atoms with E-state index in [1.807, 2.05) is 60.7 Å². The summed E-state index contributed by atoms with van der Waals surface area (Å²) in [6.45, 7) is 4.75. The summed E-state index contributed by atoms with van der Waals surface area (Å²) in [7, 11) is 0. The Morgan fingerprint density at radius 3 is 2.09 bits per heavy atom. The molecule has 32 heavy (non-hydrogen) atoms. The van der Waals surface area contributed by atoms with Gasteiger partial charge in [0.25, 0.3) is 0 Å². The van der Waals surface area contributed by atoms with Crippen molar-refractivity contribution < 1.29 is 23.9 Å². The first-order valence-corrected chi connectivity index (χ1v) is 10.7. The number of carbonyl (C=O) groups is 2. The largest absolute Gasteiger partial charge is 0.457 e. The number of carbonyl (C=O) groups excluding carboxylic acids is 2. The summed E-state index contributed by atoms with van der Waals surface area (Å²) in [6, 6.07) is 18.7. The van der Waals surface area contributed by atoms with Crippen molar-refractivity contribution in [2.24, 2.45) is 5.16 Å². The molecule has 0 bridgehead atoms. The van der Waals surface area contributed by atoms with Gasteiger partial charge in [-0.25, -0.2) is 14.6 Å². The Hall–Kier alpha value is -3.59. The van der Waals surface area contributed by atoms with E-state index in [9.17, 15) is 9.59 Å². The quantitative estimate of drug-likeness (QED) is 0.289. The number of oxime groups is 1. The Balaban J connectivity index is 1.81. The predicted molar refractivity (Wildman–Crippen MR) is 119 cm³/mol. The van der Waals surface area contributed by atoms with Crippen LogP contribution in [0.5, 0.6) is 0 Å². The molecule has 0 spiro atoms. The number of hydrogen-bond donors (Lipinski definition) is 0. The third-order valence-corrected chi connectivity index (χ3v) is 4.43. The Morgan fingerprint density at radius 2 is 1.59 bits per heavy atom. The van der Waals surface area contributed by atoms with Gasteiger partial charge in [-0.15, -0.1) is 0 Å². The summed E-state index contributed by atoms with van der Waals surface area (Å²) in [6.07, 6.45) is -0.681. The molecule has 2 aromatic carbocycles. The molecule has 0 fully saturated rings. The molecule has 0 aliphatic heterocycles. The van der Waals surface area contributed by atoms with Crippen molar-refractivity contribution in [1.82, 2.24) is 9.36 Å². The zero-order valence-electron chi connectivity index (χ0n) is 17.9. The van der Waals surface area contributed by atoms with Gasteiger partial charge in [-0.05, 0) is 43.4 Å². The summed E-state index contributed by atoms with van der Waals surface area (Å²) < 4.78 is 15.0. The fraction of sp³-hybridized carbons (Fsp3) is 0.261. The second-order valence-corrected chi connectivity index (χ2v) is 8.27. The highest BCUT2D eigenvalue weighted by Crippen LogP contribution is 2.26. The number of nitrogens with zero attached hydrogens (tertiary/aromatic N) is 3. The molecule has 0 unspecified atom stereocenters. The minimum atomic E-state index is -0.787. The van der Waals surface area contributed by atoms with Crippen molar-refractivity contribution >= 4 is 29.2 Å². The normalized spacial score (nSPS) is 11.8.